The van der Waals surface area contributed by atoms with Gasteiger partial charge in [-0.3, -0.25) is 0 Å². The zero-order chi connectivity index (χ0) is 12.8. The molecule has 90 valence electrons. The molecule has 2 rings (SSSR count). The summed E-state index contributed by atoms with van der Waals surface area (Å²) >= 11 is 0. The highest BCUT2D eigenvalue weighted by Gasteiger charge is 2.59. The molecule has 0 aromatic carbocycles. The molecule has 0 atom stereocenters. The Morgan fingerprint density at radius 3 is 2.29 bits per heavy atom. The van der Waals surface area contributed by atoms with E-state index in [0.29, 0.717) is 11.5 Å². The second-order valence-corrected chi connectivity index (χ2v) is 5.51. The molecule has 1 aromatic rings. The van der Waals surface area contributed by atoms with Gasteiger partial charge in [-0.2, -0.15) is 0 Å². The predicted octanol–water partition coefficient (Wildman–Crippen LogP) is 2.49. The largest absolute Gasteiger partial charge is 0.382 e. The summed E-state index contributed by atoms with van der Waals surface area (Å²) in [5.74, 6) is 0.434. The van der Waals surface area contributed by atoms with Crippen LogP contribution >= 0.6 is 0 Å². The maximum absolute atomic E-state index is 12.3. The molecule has 4 nitrogen and oxygen atoms in total. The molecule has 0 spiro atoms. The number of hydrogen-bond acceptors (Lipinski definition) is 3. The second-order valence-electron chi connectivity index (χ2n) is 5.51. The lowest BCUT2D eigenvalue weighted by molar-refractivity contribution is -0.514. The molecule has 0 saturated heterocycles. The Bertz CT molecular complexity index is 515. The van der Waals surface area contributed by atoms with Gasteiger partial charge in [0.15, 0.2) is 16.8 Å². The Morgan fingerprint density at radius 1 is 1.18 bits per heavy atom. The molecule has 1 aliphatic rings. The minimum Gasteiger partial charge on any atom is -0.245 e. The molecule has 0 N–H and O–H groups in total. The third-order valence-corrected chi connectivity index (χ3v) is 3.70. The molecule has 4 heteroatoms. The highest BCUT2D eigenvalue weighted by molar-refractivity contribution is 5.92. The molecule has 0 amide bonds. The minimum absolute atomic E-state index is 0.407. The van der Waals surface area contributed by atoms with E-state index in [1.165, 1.54) is 0 Å². The molecular weight excluding hydrogens is 214 g/mol. The van der Waals surface area contributed by atoms with Crippen LogP contribution < -0.4 is 0 Å². The van der Waals surface area contributed by atoms with E-state index >= 15 is 0 Å². The summed E-state index contributed by atoms with van der Waals surface area (Å²) in [5, 5.41) is 0. The van der Waals surface area contributed by atoms with Gasteiger partial charge < -0.3 is 0 Å². The van der Waals surface area contributed by atoms with Crippen LogP contribution in [0.2, 0.25) is 0 Å². The van der Waals surface area contributed by atoms with Crippen molar-refractivity contribution in [3.8, 4) is 0 Å². The minimum atomic E-state index is -0.548. The van der Waals surface area contributed by atoms with E-state index in [9.17, 15) is 4.91 Å². The van der Waals surface area contributed by atoms with Crippen LogP contribution in [-0.2, 0) is 0 Å². The van der Waals surface area contributed by atoms with Gasteiger partial charge in [-0.15, -0.1) is 0 Å². The van der Waals surface area contributed by atoms with Crippen LogP contribution in [0.3, 0.4) is 0 Å². The van der Waals surface area contributed by atoms with Gasteiger partial charge in [-0.25, -0.2) is 4.98 Å². The number of amidine groups is 1. The standard InChI is InChI=1S/C13H18N3O/c1-9-7-6-8-10(14-9)11-15-12(2,3)13(4,5)16(11)17/h6-8H,1-5H3/q+1. The first kappa shape index (κ1) is 11.9. The molecule has 0 bridgehead atoms. The van der Waals surface area contributed by atoms with Crippen molar-refractivity contribution in [1.82, 2.24) is 4.98 Å². The van der Waals surface area contributed by atoms with Crippen LogP contribution in [0, 0.1) is 11.8 Å². The van der Waals surface area contributed by atoms with Crippen molar-refractivity contribution in [2.75, 3.05) is 0 Å². The Labute approximate surface area is 101 Å². The normalized spacial score (nSPS) is 21.5. The lowest BCUT2D eigenvalue weighted by Crippen LogP contribution is -2.47. The highest BCUT2D eigenvalue weighted by Crippen LogP contribution is 2.35. The molecular formula is C13H18N3O+. The van der Waals surface area contributed by atoms with Crippen molar-refractivity contribution < 1.29 is 4.76 Å². The quantitative estimate of drug-likeness (QED) is 0.698. The zero-order valence-corrected chi connectivity index (χ0v) is 11.0. The highest BCUT2D eigenvalue weighted by atomic mass is 16.3. The maximum Gasteiger partial charge on any atom is 0.382 e. The van der Waals surface area contributed by atoms with Gasteiger partial charge in [0.05, 0.1) is 0 Å². The average Bonchev–Trinajstić information content (AvgIpc) is 2.39. The summed E-state index contributed by atoms with van der Waals surface area (Å²) in [6.07, 6.45) is 0. The molecule has 1 aliphatic heterocycles. The summed E-state index contributed by atoms with van der Waals surface area (Å²) in [5.41, 5.74) is 0.586. The van der Waals surface area contributed by atoms with Gasteiger partial charge in [-0.1, -0.05) is 16.0 Å². The number of aliphatic imine (C=N–C) groups is 1. The molecule has 2 heterocycles. The molecule has 0 unspecified atom stereocenters. The Hall–Kier alpha value is -1.58. The van der Waals surface area contributed by atoms with Crippen LogP contribution in [0.1, 0.15) is 39.1 Å². The van der Waals surface area contributed by atoms with E-state index in [1.54, 1.807) is 0 Å². The number of rotatable bonds is 1. The monoisotopic (exact) mass is 232 g/mol. The van der Waals surface area contributed by atoms with Gasteiger partial charge >= 0.3 is 5.84 Å². The molecule has 0 radical (unpaired) electrons. The summed E-state index contributed by atoms with van der Waals surface area (Å²) in [6, 6.07) is 5.63. The SMILES string of the molecule is Cc1cccc(C2=NC(C)(C)C(C)(C)[N+]2=O)n1. The van der Waals surface area contributed by atoms with Gasteiger partial charge in [-0.05, 0) is 51.5 Å². The summed E-state index contributed by atoms with van der Waals surface area (Å²) in [6.45, 7) is 9.67. The van der Waals surface area contributed by atoms with Crippen LogP contribution in [0.5, 0.6) is 0 Å². The van der Waals surface area contributed by atoms with Gasteiger partial charge in [0.1, 0.15) is 0 Å². The molecule has 17 heavy (non-hydrogen) atoms. The van der Waals surface area contributed by atoms with Crippen LogP contribution in [0.4, 0.5) is 0 Å². The topological polar surface area (TPSA) is 45.3 Å². The van der Waals surface area contributed by atoms with E-state index in [0.717, 1.165) is 10.5 Å². The lowest BCUT2D eigenvalue weighted by atomic mass is 9.84. The van der Waals surface area contributed by atoms with E-state index in [-0.39, 0.29) is 0 Å². The fraction of sp³-hybridized carbons (Fsp3) is 0.538. The lowest BCUT2D eigenvalue weighted by Gasteiger charge is -2.22. The molecule has 1 aromatic heterocycles. The van der Waals surface area contributed by atoms with Gasteiger partial charge in [0, 0.05) is 5.69 Å². The van der Waals surface area contributed by atoms with Crippen molar-refractivity contribution >= 4 is 5.84 Å². The summed E-state index contributed by atoms with van der Waals surface area (Å²) < 4.78 is 0.981. The van der Waals surface area contributed by atoms with Gasteiger partial charge in [0.2, 0.25) is 0 Å². The Morgan fingerprint density at radius 2 is 1.82 bits per heavy atom. The summed E-state index contributed by atoms with van der Waals surface area (Å²) in [7, 11) is 0. The van der Waals surface area contributed by atoms with Gasteiger partial charge in [0.25, 0.3) is 0 Å². The van der Waals surface area contributed by atoms with Crippen molar-refractivity contribution in [3.05, 3.63) is 34.5 Å². The average molecular weight is 232 g/mol. The second kappa shape index (κ2) is 3.45. The first-order chi connectivity index (χ1) is 7.75. The van der Waals surface area contributed by atoms with Crippen molar-refractivity contribution in [3.63, 3.8) is 0 Å². The fourth-order valence-electron chi connectivity index (χ4n) is 1.79. The van der Waals surface area contributed by atoms with Crippen LogP contribution in [0.25, 0.3) is 0 Å². The fourth-order valence-corrected chi connectivity index (χ4v) is 1.79. The number of nitrogens with zero attached hydrogens (tertiary/aromatic N) is 3. The number of aryl methyl sites for hydroxylation is 1. The van der Waals surface area contributed by atoms with Crippen molar-refractivity contribution in [1.29, 1.82) is 0 Å². The van der Waals surface area contributed by atoms with Crippen LogP contribution in [-0.4, -0.2) is 26.7 Å². The van der Waals surface area contributed by atoms with E-state index < -0.39 is 11.1 Å². The predicted molar refractivity (Wildman–Crippen MR) is 67.3 cm³/mol. The Kier molecular flexibility index (Phi) is 2.42. The van der Waals surface area contributed by atoms with Crippen LogP contribution in [0.15, 0.2) is 23.2 Å². The third-order valence-electron chi connectivity index (χ3n) is 3.70. The van der Waals surface area contributed by atoms with Crippen molar-refractivity contribution in [2.24, 2.45) is 4.99 Å². The van der Waals surface area contributed by atoms with E-state index in [2.05, 4.69) is 9.98 Å². The maximum atomic E-state index is 12.3. The number of aromatic nitrogens is 1. The number of hydrogen-bond donors (Lipinski definition) is 0. The third kappa shape index (κ3) is 1.68. The van der Waals surface area contributed by atoms with Crippen molar-refractivity contribution in [2.45, 2.75) is 45.7 Å². The first-order valence-electron chi connectivity index (χ1n) is 5.77. The zero-order valence-electron chi connectivity index (χ0n) is 11.0. The molecule has 0 saturated carbocycles. The first-order valence-corrected chi connectivity index (χ1v) is 5.77. The smallest absolute Gasteiger partial charge is 0.245 e. The Balaban J connectivity index is 2.53. The number of nitroso groups, excluding NO2 is 1. The number of pyridine rings is 1. The van der Waals surface area contributed by atoms with E-state index in [4.69, 9.17) is 0 Å². The molecule has 0 aliphatic carbocycles. The summed E-state index contributed by atoms with van der Waals surface area (Å²) in [4.78, 5) is 21.2. The van der Waals surface area contributed by atoms with E-state index in [1.807, 2.05) is 52.8 Å². The molecule has 0 fully saturated rings.